The van der Waals surface area contributed by atoms with Crippen LogP contribution < -0.4 is 10.6 Å². The van der Waals surface area contributed by atoms with Gasteiger partial charge in [-0.2, -0.15) is 0 Å². The number of benzene rings is 1. The number of aliphatic hydroxyl groups is 1. The maximum absolute atomic E-state index is 12.8. The van der Waals surface area contributed by atoms with Crippen LogP contribution in [0.5, 0.6) is 0 Å². The van der Waals surface area contributed by atoms with Crippen molar-refractivity contribution < 1.29 is 14.7 Å². The molecule has 0 saturated carbocycles. The van der Waals surface area contributed by atoms with Crippen molar-refractivity contribution in [2.75, 3.05) is 6.54 Å². The molecule has 1 aliphatic heterocycles. The quantitative estimate of drug-likeness (QED) is 0.765. The van der Waals surface area contributed by atoms with Gasteiger partial charge in [0.1, 0.15) is 6.10 Å². The van der Waals surface area contributed by atoms with E-state index in [-0.39, 0.29) is 23.1 Å². The number of rotatable bonds is 5. The third-order valence-electron chi connectivity index (χ3n) is 4.46. The van der Waals surface area contributed by atoms with Crippen molar-refractivity contribution in [2.45, 2.75) is 57.7 Å². The fraction of sp³-hybridized carbons (Fsp3) is 0.579. The Labute approximate surface area is 143 Å². The molecule has 0 aliphatic carbocycles. The summed E-state index contributed by atoms with van der Waals surface area (Å²) < 4.78 is 0. The van der Waals surface area contributed by atoms with E-state index in [4.69, 9.17) is 0 Å². The number of Topliss-reactive ketones (excluding diaryl/α,β-unsaturated/α-hetero) is 1. The highest BCUT2D eigenvalue weighted by Gasteiger charge is 2.41. The minimum absolute atomic E-state index is 0.182. The summed E-state index contributed by atoms with van der Waals surface area (Å²) in [5.74, 6) is -1.23. The molecule has 1 amide bonds. The molecule has 0 bridgehead atoms. The zero-order chi connectivity index (χ0) is 17.9. The molecule has 0 radical (unpaired) electrons. The zero-order valence-corrected chi connectivity index (χ0v) is 14.9. The fourth-order valence-electron chi connectivity index (χ4n) is 3.14. The Morgan fingerprint density at radius 1 is 1.25 bits per heavy atom. The predicted octanol–water partition coefficient (Wildman–Crippen LogP) is 1.61. The number of carbonyl (C=O) groups excluding carboxylic acids is 2. The molecule has 2 rings (SSSR count). The first-order chi connectivity index (χ1) is 11.2. The maximum Gasteiger partial charge on any atom is 0.238 e. The van der Waals surface area contributed by atoms with Gasteiger partial charge in [0, 0.05) is 17.4 Å². The monoisotopic (exact) mass is 332 g/mol. The van der Waals surface area contributed by atoms with Crippen LogP contribution in [-0.4, -0.2) is 41.0 Å². The van der Waals surface area contributed by atoms with Gasteiger partial charge in [0.25, 0.3) is 0 Å². The van der Waals surface area contributed by atoms with Crippen molar-refractivity contribution >= 4 is 11.7 Å². The van der Waals surface area contributed by atoms with Crippen LogP contribution in [0.1, 0.15) is 45.6 Å². The molecule has 1 aromatic carbocycles. The third kappa shape index (κ3) is 4.42. The first kappa shape index (κ1) is 18.6. The van der Waals surface area contributed by atoms with E-state index in [9.17, 15) is 14.7 Å². The number of hydrogen-bond acceptors (Lipinski definition) is 4. The zero-order valence-electron chi connectivity index (χ0n) is 14.9. The highest BCUT2D eigenvalue weighted by molar-refractivity contribution is 5.94. The number of nitrogens with one attached hydrogen (secondary N) is 2. The molecule has 1 aromatic rings. The van der Waals surface area contributed by atoms with Crippen molar-refractivity contribution in [1.29, 1.82) is 0 Å². The van der Waals surface area contributed by atoms with Gasteiger partial charge < -0.3 is 15.7 Å². The number of carbonyl (C=O) groups is 2. The largest absolute Gasteiger partial charge is 0.385 e. The first-order valence-corrected chi connectivity index (χ1v) is 8.53. The summed E-state index contributed by atoms with van der Waals surface area (Å²) in [6.45, 7) is 8.16. The fourth-order valence-corrected chi connectivity index (χ4v) is 3.14. The second kappa shape index (κ2) is 7.45. The van der Waals surface area contributed by atoms with E-state index in [0.29, 0.717) is 13.0 Å². The van der Waals surface area contributed by atoms with Crippen molar-refractivity contribution in [1.82, 2.24) is 10.6 Å². The summed E-state index contributed by atoms with van der Waals surface area (Å²) in [6, 6.07) is 8.90. The smallest absolute Gasteiger partial charge is 0.238 e. The lowest BCUT2D eigenvalue weighted by Crippen LogP contribution is -2.52. The Hall–Kier alpha value is -1.72. The second-order valence-corrected chi connectivity index (χ2v) is 7.61. The van der Waals surface area contributed by atoms with Crippen LogP contribution in [0.15, 0.2) is 30.3 Å². The van der Waals surface area contributed by atoms with Gasteiger partial charge in [-0.25, -0.2) is 0 Å². The Kier molecular flexibility index (Phi) is 5.78. The molecule has 4 atom stereocenters. The number of ketones is 1. The summed E-state index contributed by atoms with van der Waals surface area (Å²) in [4.78, 5) is 25.2. The van der Waals surface area contributed by atoms with Crippen LogP contribution in [0.25, 0.3) is 0 Å². The number of amides is 1. The number of hydrogen-bond donors (Lipinski definition) is 3. The second-order valence-electron chi connectivity index (χ2n) is 7.61. The Morgan fingerprint density at radius 2 is 1.88 bits per heavy atom. The van der Waals surface area contributed by atoms with Gasteiger partial charge in [-0.15, -0.1) is 0 Å². The van der Waals surface area contributed by atoms with Crippen molar-refractivity contribution in [3.8, 4) is 0 Å². The summed E-state index contributed by atoms with van der Waals surface area (Å²) in [7, 11) is 0. The summed E-state index contributed by atoms with van der Waals surface area (Å²) in [5, 5.41) is 16.5. The molecule has 1 aliphatic rings. The summed E-state index contributed by atoms with van der Waals surface area (Å²) >= 11 is 0. The molecule has 1 heterocycles. The van der Waals surface area contributed by atoms with Gasteiger partial charge in [0.05, 0.1) is 6.04 Å². The van der Waals surface area contributed by atoms with Gasteiger partial charge in [-0.3, -0.25) is 9.59 Å². The van der Waals surface area contributed by atoms with Gasteiger partial charge >= 0.3 is 0 Å². The van der Waals surface area contributed by atoms with Crippen LogP contribution in [0.3, 0.4) is 0 Å². The van der Waals surface area contributed by atoms with Crippen LogP contribution in [-0.2, 0) is 9.59 Å². The molecular weight excluding hydrogens is 304 g/mol. The Morgan fingerprint density at radius 3 is 2.46 bits per heavy atom. The first-order valence-electron chi connectivity index (χ1n) is 8.53. The van der Waals surface area contributed by atoms with E-state index in [1.165, 1.54) is 0 Å². The minimum atomic E-state index is -1.11. The Balaban J connectivity index is 2.08. The van der Waals surface area contributed by atoms with Crippen LogP contribution >= 0.6 is 0 Å². The molecule has 0 aromatic heterocycles. The van der Waals surface area contributed by atoms with Gasteiger partial charge in [-0.1, -0.05) is 37.3 Å². The van der Waals surface area contributed by atoms with Gasteiger partial charge in [0.2, 0.25) is 5.91 Å². The van der Waals surface area contributed by atoms with Crippen LogP contribution in [0.2, 0.25) is 0 Å². The lowest BCUT2D eigenvalue weighted by Gasteiger charge is -2.27. The van der Waals surface area contributed by atoms with Crippen LogP contribution in [0.4, 0.5) is 0 Å². The highest BCUT2D eigenvalue weighted by atomic mass is 16.3. The molecule has 5 heteroatoms. The normalized spacial score (nSPS) is 23.5. The van der Waals surface area contributed by atoms with E-state index < -0.39 is 18.1 Å². The SMILES string of the molecule is CC(c1ccccc1)C(O)C(=O)C1CCNC1C(=O)NC(C)(C)C. The highest BCUT2D eigenvalue weighted by Crippen LogP contribution is 2.26. The molecule has 3 N–H and O–H groups in total. The van der Waals surface area contributed by atoms with Crippen molar-refractivity contribution in [3.63, 3.8) is 0 Å². The molecule has 0 spiro atoms. The molecule has 4 unspecified atom stereocenters. The molecule has 5 nitrogen and oxygen atoms in total. The van der Waals surface area contributed by atoms with Gasteiger partial charge in [-0.05, 0) is 39.3 Å². The molecule has 1 saturated heterocycles. The maximum atomic E-state index is 12.8. The predicted molar refractivity (Wildman–Crippen MR) is 93.7 cm³/mol. The van der Waals surface area contributed by atoms with E-state index in [0.717, 1.165) is 5.56 Å². The average molecular weight is 332 g/mol. The average Bonchev–Trinajstić information content (AvgIpc) is 3.01. The lowest BCUT2D eigenvalue weighted by molar-refractivity contribution is -0.136. The number of aliphatic hydroxyl groups excluding tert-OH is 1. The summed E-state index contributed by atoms with van der Waals surface area (Å²) in [6.07, 6.45) is -0.540. The van der Waals surface area contributed by atoms with E-state index in [2.05, 4.69) is 10.6 Å². The van der Waals surface area contributed by atoms with Crippen LogP contribution in [0, 0.1) is 5.92 Å². The standard InChI is InChI=1S/C19H28N2O3/c1-12(13-8-6-5-7-9-13)16(22)17(23)14-10-11-20-15(14)18(24)21-19(2,3)4/h5-9,12,14-16,20,22H,10-11H2,1-4H3,(H,21,24). The molecule has 132 valence electrons. The Bertz CT molecular complexity index is 580. The lowest BCUT2D eigenvalue weighted by atomic mass is 9.84. The van der Waals surface area contributed by atoms with Gasteiger partial charge in [0.15, 0.2) is 5.78 Å². The van der Waals surface area contributed by atoms with Crippen molar-refractivity contribution in [2.24, 2.45) is 5.92 Å². The topological polar surface area (TPSA) is 78.4 Å². The van der Waals surface area contributed by atoms with E-state index >= 15 is 0 Å². The molecular formula is C19H28N2O3. The summed E-state index contributed by atoms with van der Waals surface area (Å²) in [5.41, 5.74) is 0.560. The van der Waals surface area contributed by atoms with Crippen molar-refractivity contribution in [3.05, 3.63) is 35.9 Å². The minimum Gasteiger partial charge on any atom is -0.385 e. The van der Waals surface area contributed by atoms with E-state index in [1.54, 1.807) is 0 Å². The molecule has 24 heavy (non-hydrogen) atoms. The van der Waals surface area contributed by atoms with E-state index in [1.807, 2.05) is 58.0 Å². The molecule has 1 fully saturated rings. The third-order valence-corrected chi connectivity index (χ3v) is 4.46.